The second-order valence-electron chi connectivity index (χ2n) is 7.01. The molecule has 1 N–H and O–H groups in total. The van der Waals surface area contributed by atoms with Gasteiger partial charge in [0.15, 0.2) is 0 Å². The molecule has 1 aromatic heterocycles. The van der Waals surface area contributed by atoms with Crippen LogP contribution in [0.25, 0.3) is 10.9 Å². The van der Waals surface area contributed by atoms with Crippen molar-refractivity contribution in [2.24, 2.45) is 0 Å². The molecule has 4 nitrogen and oxygen atoms in total. The highest BCUT2D eigenvalue weighted by molar-refractivity contribution is 8.00. The van der Waals surface area contributed by atoms with Crippen LogP contribution in [0.3, 0.4) is 0 Å². The predicted molar refractivity (Wildman–Crippen MR) is 110 cm³/mol. The lowest BCUT2D eigenvalue weighted by molar-refractivity contribution is -0.121. The van der Waals surface area contributed by atoms with Gasteiger partial charge in [0.05, 0.1) is 16.8 Å². The molecule has 1 aliphatic rings. The number of aromatic nitrogens is 2. The summed E-state index contributed by atoms with van der Waals surface area (Å²) < 4.78 is 0. The summed E-state index contributed by atoms with van der Waals surface area (Å²) in [5.41, 5.74) is 3.53. The molecule has 1 heterocycles. The number of para-hydroxylation sites is 1. The standard InChI is InChI=1S/C22H23N3OS/c1-14(27-22-18-11-5-6-12-20(18)23-15(2)24-22)21(26)25-19-13-7-9-16-8-3-4-10-17(16)19/h3-6,8,10-12,14,19H,7,9,13H2,1-2H3,(H,25,26)/t14-,19+/m1/s1. The van der Waals surface area contributed by atoms with Crippen molar-refractivity contribution >= 4 is 28.6 Å². The number of rotatable bonds is 4. The maximum atomic E-state index is 12.9. The van der Waals surface area contributed by atoms with Crippen LogP contribution in [-0.2, 0) is 11.2 Å². The fourth-order valence-electron chi connectivity index (χ4n) is 3.66. The quantitative estimate of drug-likeness (QED) is 0.533. The topological polar surface area (TPSA) is 54.9 Å². The summed E-state index contributed by atoms with van der Waals surface area (Å²) in [7, 11) is 0. The fraction of sp³-hybridized carbons (Fsp3) is 0.318. The summed E-state index contributed by atoms with van der Waals surface area (Å²) >= 11 is 1.50. The highest BCUT2D eigenvalue weighted by atomic mass is 32.2. The molecule has 0 bridgehead atoms. The third-order valence-electron chi connectivity index (χ3n) is 5.02. The van der Waals surface area contributed by atoms with Gasteiger partial charge in [-0.05, 0) is 50.3 Å². The Bertz CT molecular complexity index is 988. The molecule has 1 aliphatic carbocycles. The number of hydrogen-bond donors (Lipinski definition) is 1. The molecular formula is C22H23N3OS. The zero-order chi connectivity index (χ0) is 18.8. The first-order valence-electron chi connectivity index (χ1n) is 9.40. The molecule has 0 spiro atoms. The van der Waals surface area contributed by atoms with E-state index in [-0.39, 0.29) is 17.2 Å². The average Bonchev–Trinajstić information content (AvgIpc) is 2.68. The van der Waals surface area contributed by atoms with Crippen LogP contribution in [0.15, 0.2) is 53.6 Å². The minimum Gasteiger partial charge on any atom is -0.348 e. The summed E-state index contributed by atoms with van der Waals surface area (Å²) in [5, 5.41) is 4.89. The number of carbonyl (C=O) groups excluding carboxylic acids is 1. The summed E-state index contributed by atoms with van der Waals surface area (Å²) in [6.45, 7) is 3.83. The number of fused-ring (bicyclic) bond motifs is 2. The molecular weight excluding hydrogens is 354 g/mol. The normalized spacial score (nSPS) is 17.3. The van der Waals surface area contributed by atoms with Crippen molar-refractivity contribution in [2.75, 3.05) is 0 Å². The number of nitrogens with zero attached hydrogens (tertiary/aromatic N) is 2. The smallest absolute Gasteiger partial charge is 0.233 e. The molecule has 0 saturated heterocycles. The first kappa shape index (κ1) is 18.0. The van der Waals surface area contributed by atoms with Crippen LogP contribution in [0.1, 0.15) is 42.8 Å². The van der Waals surface area contributed by atoms with Gasteiger partial charge in [-0.25, -0.2) is 9.97 Å². The van der Waals surface area contributed by atoms with Crippen molar-refractivity contribution < 1.29 is 4.79 Å². The first-order valence-corrected chi connectivity index (χ1v) is 10.3. The largest absolute Gasteiger partial charge is 0.348 e. The van der Waals surface area contributed by atoms with Crippen LogP contribution < -0.4 is 5.32 Å². The van der Waals surface area contributed by atoms with Crippen LogP contribution in [0.4, 0.5) is 0 Å². The lowest BCUT2D eigenvalue weighted by atomic mass is 9.88. The van der Waals surface area contributed by atoms with Gasteiger partial charge >= 0.3 is 0 Å². The number of amides is 1. The monoisotopic (exact) mass is 377 g/mol. The van der Waals surface area contributed by atoms with E-state index in [9.17, 15) is 4.79 Å². The SMILES string of the molecule is Cc1nc(S[C@H](C)C(=O)N[C@H]2CCCc3ccccc32)c2ccccc2n1. The molecule has 0 fully saturated rings. The maximum Gasteiger partial charge on any atom is 0.233 e. The highest BCUT2D eigenvalue weighted by Gasteiger charge is 2.24. The molecule has 2 atom stereocenters. The molecule has 0 radical (unpaired) electrons. The number of hydrogen-bond acceptors (Lipinski definition) is 4. The van der Waals surface area contributed by atoms with E-state index in [1.54, 1.807) is 0 Å². The Morgan fingerprint density at radius 3 is 2.81 bits per heavy atom. The van der Waals surface area contributed by atoms with Gasteiger partial charge in [-0.1, -0.05) is 54.2 Å². The van der Waals surface area contributed by atoms with Gasteiger partial charge in [0, 0.05) is 5.39 Å². The Balaban J connectivity index is 1.51. The van der Waals surface area contributed by atoms with Crippen LogP contribution in [-0.4, -0.2) is 21.1 Å². The van der Waals surface area contributed by atoms with Gasteiger partial charge in [-0.3, -0.25) is 4.79 Å². The fourth-order valence-corrected chi connectivity index (χ4v) is 4.66. The second kappa shape index (κ2) is 7.69. The molecule has 0 saturated carbocycles. The average molecular weight is 378 g/mol. The highest BCUT2D eigenvalue weighted by Crippen LogP contribution is 2.32. The Morgan fingerprint density at radius 1 is 1.15 bits per heavy atom. The van der Waals surface area contributed by atoms with E-state index in [0.717, 1.165) is 41.0 Å². The summed E-state index contributed by atoms with van der Waals surface area (Å²) in [6, 6.07) is 16.5. The maximum absolute atomic E-state index is 12.9. The van der Waals surface area contributed by atoms with E-state index < -0.39 is 0 Å². The van der Waals surface area contributed by atoms with Gasteiger partial charge in [0.1, 0.15) is 10.9 Å². The molecule has 2 aromatic carbocycles. The van der Waals surface area contributed by atoms with E-state index in [4.69, 9.17) is 0 Å². The predicted octanol–water partition coefficient (Wildman–Crippen LogP) is 4.61. The van der Waals surface area contributed by atoms with Crippen molar-refractivity contribution in [1.29, 1.82) is 0 Å². The van der Waals surface area contributed by atoms with Gasteiger partial charge < -0.3 is 5.32 Å². The van der Waals surface area contributed by atoms with Crippen molar-refractivity contribution in [2.45, 2.75) is 49.4 Å². The zero-order valence-electron chi connectivity index (χ0n) is 15.6. The number of nitrogens with one attached hydrogen (secondary N) is 1. The molecule has 138 valence electrons. The van der Waals surface area contributed by atoms with Crippen molar-refractivity contribution in [1.82, 2.24) is 15.3 Å². The third-order valence-corrected chi connectivity index (χ3v) is 6.13. The first-order chi connectivity index (χ1) is 13.1. The Kier molecular flexibility index (Phi) is 5.12. The zero-order valence-corrected chi connectivity index (χ0v) is 16.4. The Hall–Kier alpha value is -2.40. The van der Waals surface area contributed by atoms with E-state index in [1.807, 2.05) is 38.1 Å². The van der Waals surface area contributed by atoms with Crippen LogP contribution >= 0.6 is 11.8 Å². The van der Waals surface area contributed by atoms with E-state index in [2.05, 4.69) is 39.6 Å². The molecule has 0 unspecified atom stereocenters. The Morgan fingerprint density at radius 2 is 1.93 bits per heavy atom. The summed E-state index contributed by atoms with van der Waals surface area (Å²) in [4.78, 5) is 21.9. The van der Waals surface area contributed by atoms with Crippen molar-refractivity contribution in [3.8, 4) is 0 Å². The lowest BCUT2D eigenvalue weighted by Gasteiger charge is -2.27. The minimum atomic E-state index is -0.225. The molecule has 5 heteroatoms. The van der Waals surface area contributed by atoms with Crippen molar-refractivity contribution in [3.63, 3.8) is 0 Å². The molecule has 3 aromatic rings. The molecule has 1 amide bonds. The van der Waals surface area contributed by atoms with Gasteiger partial charge in [0.25, 0.3) is 0 Å². The summed E-state index contributed by atoms with van der Waals surface area (Å²) in [5.74, 6) is 0.784. The van der Waals surface area contributed by atoms with Crippen LogP contribution in [0, 0.1) is 6.92 Å². The number of benzene rings is 2. The Labute approximate surface area is 163 Å². The van der Waals surface area contributed by atoms with Gasteiger partial charge in [-0.2, -0.15) is 0 Å². The number of aryl methyl sites for hydroxylation is 2. The summed E-state index contributed by atoms with van der Waals surface area (Å²) in [6.07, 6.45) is 3.20. The second-order valence-corrected chi connectivity index (χ2v) is 8.33. The van der Waals surface area contributed by atoms with Crippen molar-refractivity contribution in [3.05, 3.63) is 65.5 Å². The van der Waals surface area contributed by atoms with Crippen LogP contribution in [0.5, 0.6) is 0 Å². The molecule has 0 aliphatic heterocycles. The van der Waals surface area contributed by atoms with Gasteiger partial charge in [-0.15, -0.1) is 0 Å². The number of carbonyl (C=O) groups is 1. The third kappa shape index (κ3) is 3.83. The van der Waals surface area contributed by atoms with E-state index >= 15 is 0 Å². The number of thioether (sulfide) groups is 1. The van der Waals surface area contributed by atoms with E-state index in [1.165, 1.54) is 22.9 Å². The minimum absolute atomic E-state index is 0.0575. The van der Waals surface area contributed by atoms with E-state index in [0.29, 0.717) is 0 Å². The van der Waals surface area contributed by atoms with Gasteiger partial charge in [0.2, 0.25) is 5.91 Å². The lowest BCUT2D eigenvalue weighted by Crippen LogP contribution is -2.35. The van der Waals surface area contributed by atoms with Crippen LogP contribution in [0.2, 0.25) is 0 Å². The molecule has 27 heavy (non-hydrogen) atoms. The molecule has 4 rings (SSSR count).